The van der Waals surface area contributed by atoms with E-state index in [1.54, 1.807) is 6.26 Å². The third kappa shape index (κ3) is 5.30. The third-order valence-corrected chi connectivity index (χ3v) is 4.41. The van der Waals surface area contributed by atoms with Crippen molar-refractivity contribution in [3.63, 3.8) is 0 Å². The highest BCUT2D eigenvalue weighted by Gasteiger charge is 2.14. The minimum atomic E-state index is -0.619. The van der Waals surface area contributed by atoms with E-state index in [1.165, 1.54) is 18.4 Å². The second-order valence-corrected chi connectivity index (χ2v) is 6.39. The van der Waals surface area contributed by atoms with Crippen LogP contribution in [0.5, 0.6) is 0 Å². The van der Waals surface area contributed by atoms with Crippen molar-refractivity contribution >= 4 is 0 Å². The highest BCUT2D eigenvalue weighted by molar-refractivity contribution is 5.57. The summed E-state index contributed by atoms with van der Waals surface area (Å²) in [5.41, 5.74) is 3.18. The number of hydrogen-bond acceptors (Lipinski definition) is 3. The highest BCUT2D eigenvalue weighted by atomic mass is 16.4. The van der Waals surface area contributed by atoms with Gasteiger partial charge in [-0.05, 0) is 24.8 Å². The van der Waals surface area contributed by atoms with Gasteiger partial charge < -0.3 is 9.52 Å². The summed E-state index contributed by atoms with van der Waals surface area (Å²) in [5.74, 6) is 0.420. The van der Waals surface area contributed by atoms with Gasteiger partial charge in [0.1, 0.15) is 18.1 Å². The molecular weight excluding hydrogens is 310 g/mol. The molecule has 1 unspecified atom stereocenters. The standard InChI is InChI=1S/C22H25NO2/c24-21(16-10-2-1-5-11-18-12-6-3-7-13-18)22-23-20(17-25-22)19-14-8-4-9-15-19/h3-4,6-9,12-15,17,21,24H,1-2,5,10-11,16H2. The van der Waals surface area contributed by atoms with Gasteiger partial charge in [-0.1, -0.05) is 79.9 Å². The summed E-state index contributed by atoms with van der Waals surface area (Å²) in [6.45, 7) is 0. The Balaban J connectivity index is 1.37. The predicted molar refractivity (Wildman–Crippen MR) is 100 cm³/mol. The van der Waals surface area contributed by atoms with Crippen molar-refractivity contribution in [1.29, 1.82) is 0 Å². The maximum atomic E-state index is 10.3. The number of aliphatic hydroxyl groups excluding tert-OH is 1. The monoisotopic (exact) mass is 335 g/mol. The molecule has 0 aliphatic heterocycles. The van der Waals surface area contributed by atoms with Crippen molar-refractivity contribution < 1.29 is 9.52 Å². The van der Waals surface area contributed by atoms with Crippen LogP contribution in [0.3, 0.4) is 0 Å². The Morgan fingerprint density at radius 3 is 2.28 bits per heavy atom. The molecule has 0 fully saturated rings. The summed E-state index contributed by atoms with van der Waals surface area (Å²) in [5, 5.41) is 10.3. The minimum Gasteiger partial charge on any atom is -0.446 e. The van der Waals surface area contributed by atoms with Crippen LogP contribution in [-0.4, -0.2) is 10.1 Å². The van der Waals surface area contributed by atoms with E-state index in [4.69, 9.17) is 4.42 Å². The van der Waals surface area contributed by atoms with Crippen LogP contribution in [0.1, 0.15) is 49.7 Å². The van der Waals surface area contributed by atoms with E-state index < -0.39 is 6.10 Å². The molecule has 0 amide bonds. The molecule has 3 heteroatoms. The van der Waals surface area contributed by atoms with E-state index in [-0.39, 0.29) is 0 Å². The summed E-state index contributed by atoms with van der Waals surface area (Å²) in [7, 11) is 0. The molecule has 130 valence electrons. The molecule has 3 rings (SSSR count). The van der Waals surface area contributed by atoms with E-state index in [9.17, 15) is 5.11 Å². The van der Waals surface area contributed by atoms with E-state index >= 15 is 0 Å². The maximum absolute atomic E-state index is 10.3. The third-order valence-electron chi connectivity index (χ3n) is 4.41. The van der Waals surface area contributed by atoms with Crippen molar-refractivity contribution in [2.75, 3.05) is 0 Å². The Hall–Kier alpha value is -2.39. The number of hydrogen-bond donors (Lipinski definition) is 1. The molecule has 1 aromatic heterocycles. The van der Waals surface area contributed by atoms with Crippen LogP contribution < -0.4 is 0 Å². The summed E-state index contributed by atoms with van der Waals surface area (Å²) >= 11 is 0. The van der Waals surface area contributed by atoms with Crippen molar-refractivity contribution in [2.45, 2.75) is 44.6 Å². The first-order valence-electron chi connectivity index (χ1n) is 9.06. The number of rotatable bonds is 9. The largest absolute Gasteiger partial charge is 0.446 e. The van der Waals surface area contributed by atoms with Crippen molar-refractivity contribution in [1.82, 2.24) is 4.98 Å². The second kappa shape index (κ2) is 9.19. The highest BCUT2D eigenvalue weighted by Crippen LogP contribution is 2.24. The number of aliphatic hydroxyl groups is 1. The lowest BCUT2D eigenvalue weighted by Crippen LogP contribution is -1.98. The van der Waals surface area contributed by atoms with E-state index in [0.717, 1.165) is 30.5 Å². The van der Waals surface area contributed by atoms with Crippen LogP contribution in [-0.2, 0) is 6.42 Å². The lowest BCUT2D eigenvalue weighted by molar-refractivity contribution is 0.130. The molecule has 0 aliphatic rings. The molecule has 3 nitrogen and oxygen atoms in total. The van der Waals surface area contributed by atoms with Crippen LogP contribution in [0.2, 0.25) is 0 Å². The van der Waals surface area contributed by atoms with Gasteiger partial charge in [0.05, 0.1) is 0 Å². The Bertz CT molecular complexity index is 737. The number of oxazole rings is 1. The molecule has 25 heavy (non-hydrogen) atoms. The average molecular weight is 335 g/mol. The predicted octanol–water partition coefficient (Wildman–Crippen LogP) is 5.57. The van der Waals surface area contributed by atoms with Crippen molar-refractivity contribution in [2.24, 2.45) is 0 Å². The second-order valence-electron chi connectivity index (χ2n) is 6.39. The van der Waals surface area contributed by atoms with E-state index in [2.05, 4.69) is 35.3 Å². The Labute approximate surface area is 149 Å². The molecule has 1 N–H and O–H groups in total. The first-order chi connectivity index (χ1) is 12.3. The molecule has 0 saturated heterocycles. The van der Waals surface area contributed by atoms with E-state index in [0.29, 0.717) is 12.3 Å². The Morgan fingerprint density at radius 1 is 0.840 bits per heavy atom. The quantitative estimate of drug-likeness (QED) is 0.520. The first-order valence-corrected chi connectivity index (χ1v) is 9.06. The number of unbranched alkanes of at least 4 members (excludes halogenated alkanes) is 3. The molecule has 3 aromatic rings. The average Bonchev–Trinajstić information content (AvgIpc) is 3.16. The van der Waals surface area contributed by atoms with Gasteiger partial charge in [0.25, 0.3) is 0 Å². The fourth-order valence-electron chi connectivity index (χ4n) is 2.97. The van der Waals surface area contributed by atoms with Gasteiger partial charge in [-0.25, -0.2) is 4.98 Å². The Kier molecular flexibility index (Phi) is 6.41. The molecular formula is C22H25NO2. The molecule has 0 radical (unpaired) electrons. The smallest absolute Gasteiger partial charge is 0.223 e. The molecule has 1 atom stereocenters. The minimum absolute atomic E-state index is 0.420. The van der Waals surface area contributed by atoms with Crippen molar-refractivity contribution in [3.8, 4) is 11.3 Å². The fourth-order valence-corrected chi connectivity index (χ4v) is 2.97. The first kappa shape index (κ1) is 17.4. The fraction of sp³-hybridized carbons (Fsp3) is 0.318. The molecule has 0 spiro atoms. The van der Waals surface area contributed by atoms with Crippen LogP contribution in [0.25, 0.3) is 11.3 Å². The van der Waals surface area contributed by atoms with Crippen LogP contribution >= 0.6 is 0 Å². The normalized spacial score (nSPS) is 12.2. The molecule has 1 heterocycles. The molecule has 0 bridgehead atoms. The SMILES string of the molecule is OC(CCCCCCc1ccccc1)c1nc(-c2ccccc2)co1. The summed E-state index contributed by atoms with van der Waals surface area (Å²) in [6, 6.07) is 20.5. The molecule has 2 aromatic carbocycles. The zero-order valence-corrected chi connectivity index (χ0v) is 14.5. The molecule has 0 aliphatic carbocycles. The van der Waals surface area contributed by atoms with Gasteiger partial charge in [0.15, 0.2) is 0 Å². The zero-order valence-electron chi connectivity index (χ0n) is 14.5. The van der Waals surface area contributed by atoms with Gasteiger partial charge in [0.2, 0.25) is 5.89 Å². The van der Waals surface area contributed by atoms with Crippen LogP contribution in [0.15, 0.2) is 71.3 Å². The molecule has 0 saturated carbocycles. The topological polar surface area (TPSA) is 46.3 Å². The van der Waals surface area contributed by atoms with Crippen molar-refractivity contribution in [3.05, 3.63) is 78.4 Å². The number of benzene rings is 2. The van der Waals surface area contributed by atoms with Crippen LogP contribution in [0.4, 0.5) is 0 Å². The summed E-state index contributed by atoms with van der Waals surface area (Å²) in [6.07, 6.45) is 7.30. The zero-order chi connectivity index (χ0) is 17.3. The Morgan fingerprint density at radius 2 is 1.52 bits per heavy atom. The summed E-state index contributed by atoms with van der Waals surface area (Å²) < 4.78 is 5.46. The summed E-state index contributed by atoms with van der Waals surface area (Å²) in [4.78, 5) is 4.42. The number of aryl methyl sites for hydroxylation is 1. The van der Waals surface area contributed by atoms with Gasteiger partial charge in [-0.2, -0.15) is 0 Å². The lowest BCUT2D eigenvalue weighted by atomic mass is 10.0. The van der Waals surface area contributed by atoms with Gasteiger partial charge in [-0.3, -0.25) is 0 Å². The van der Waals surface area contributed by atoms with E-state index in [1.807, 2.05) is 30.3 Å². The number of aromatic nitrogens is 1. The van der Waals surface area contributed by atoms with Gasteiger partial charge >= 0.3 is 0 Å². The maximum Gasteiger partial charge on any atom is 0.223 e. The number of nitrogens with zero attached hydrogens (tertiary/aromatic N) is 1. The lowest BCUT2D eigenvalue weighted by Gasteiger charge is -2.06. The van der Waals surface area contributed by atoms with Gasteiger partial charge in [0, 0.05) is 5.56 Å². The van der Waals surface area contributed by atoms with Gasteiger partial charge in [-0.15, -0.1) is 0 Å². The van der Waals surface area contributed by atoms with Crippen LogP contribution in [0, 0.1) is 0 Å².